The molecule has 88 valence electrons. The maximum atomic E-state index is 6.03. The average Bonchev–Trinajstić information content (AvgIpc) is 2.65. The largest absolute Gasteiger partial charge is 0.383 e. The van der Waals surface area contributed by atoms with Crippen molar-refractivity contribution in [1.29, 1.82) is 0 Å². The molecule has 0 bridgehead atoms. The van der Waals surface area contributed by atoms with Gasteiger partial charge in [-0.25, -0.2) is 4.68 Å². The molecule has 0 aliphatic carbocycles. The van der Waals surface area contributed by atoms with Gasteiger partial charge in [0, 0.05) is 17.7 Å². The predicted molar refractivity (Wildman–Crippen MR) is 73.9 cm³/mol. The van der Waals surface area contributed by atoms with Crippen molar-refractivity contribution in [3.8, 4) is 5.69 Å². The second kappa shape index (κ2) is 4.71. The molecule has 0 aliphatic heterocycles. The zero-order chi connectivity index (χ0) is 12.4. The first-order valence-corrected chi connectivity index (χ1v) is 5.95. The summed E-state index contributed by atoms with van der Waals surface area (Å²) in [5, 5.41) is 4.29. The summed E-state index contributed by atoms with van der Waals surface area (Å²) >= 11 is 3.45. The van der Waals surface area contributed by atoms with Crippen LogP contribution in [-0.4, -0.2) is 23.0 Å². The van der Waals surface area contributed by atoms with Crippen molar-refractivity contribution < 1.29 is 0 Å². The van der Waals surface area contributed by atoms with Gasteiger partial charge in [0.15, 0.2) is 0 Å². The first-order chi connectivity index (χ1) is 8.13. The third-order valence-corrected chi connectivity index (χ3v) is 3.00. The summed E-state index contributed by atoms with van der Waals surface area (Å²) in [6.45, 7) is 2.02. The normalized spacial score (nSPS) is 11.2. The average molecular weight is 293 g/mol. The third-order valence-electron chi connectivity index (χ3n) is 2.50. The van der Waals surface area contributed by atoms with Crippen LogP contribution in [0.1, 0.15) is 11.1 Å². The Kier molecular flexibility index (Phi) is 3.28. The van der Waals surface area contributed by atoms with E-state index in [4.69, 9.17) is 5.73 Å². The summed E-state index contributed by atoms with van der Waals surface area (Å²) in [5.41, 5.74) is 8.94. The molecule has 2 rings (SSSR count). The minimum Gasteiger partial charge on any atom is -0.383 e. The lowest BCUT2D eigenvalue weighted by Gasteiger charge is -2.08. The highest BCUT2D eigenvalue weighted by Gasteiger charge is 2.09. The second-order valence-corrected chi connectivity index (χ2v) is 4.63. The minimum atomic E-state index is 0.594. The fraction of sp³-hybridized carbons (Fsp3) is 0.167. The first-order valence-electron chi connectivity index (χ1n) is 5.15. The van der Waals surface area contributed by atoms with E-state index >= 15 is 0 Å². The van der Waals surface area contributed by atoms with Crippen molar-refractivity contribution in [2.45, 2.75) is 6.92 Å². The number of halogens is 1. The molecule has 17 heavy (non-hydrogen) atoms. The van der Waals surface area contributed by atoms with Gasteiger partial charge < -0.3 is 5.73 Å². The van der Waals surface area contributed by atoms with Gasteiger partial charge in [0.25, 0.3) is 0 Å². The first kappa shape index (κ1) is 11.9. The van der Waals surface area contributed by atoms with Gasteiger partial charge in [0.05, 0.1) is 17.4 Å². The molecule has 4 nitrogen and oxygen atoms in total. The second-order valence-electron chi connectivity index (χ2n) is 3.72. The number of nitrogen functional groups attached to an aromatic ring is 1. The number of benzene rings is 1. The number of rotatable bonds is 2. The smallest absolute Gasteiger partial charge is 0.136 e. The fourth-order valence-corrected chi connectivity index (χ4v) is 1.96. The summed E-state index contributed by atoms with van der Waals surface area (Å²) in [4.78, 5) is 3.95. The monoisotopic (exact) mass is 292 g/mol. The molecule has 0 atom stereocenters. The molecular formula is C12H13BrN4. The summed E-state index contributed by atoms with van der Waals surface area (Å²) in [5.74, 6) is 0.594. The van der Waals surface area contributed by atoms with Gasteiger partial charge in [-0.1, -0.05) is 22.0 Å². The van der Waals surface area contributed by atoms with E-state index in [0.29, 0.717) is 5.82 Å². The van der Waals surface area contributed by atoms with E-state index in [9.17, 15) is 0 Å². The van der Waals surface area contributed by atoms with Crippen LogP contribution in [-0.2, 0) is 0 Å². The molecule has 0 amide bonds. The summed E-state index contributed by atoms with van der Waals surface area (Å²) < 4.78 is 2.72. The van der Waals surface area contributed by atoms with Gasteiger partial charge >= 0.3 is 0 Å². The highest BCUT2D eigenvalue weighted by atomic mass is 79.9. The Morgan fingerprint density at radius 2 is 2.24 bits per heavy atom. The molecule has 0 unspecified atom stereocenters. The maximum Gasteiger partial charge on any atom is 0.136 e. The molecule has 5 heteroatoms. The van der Waals surface area contributed by atoms with E-state index in [1.807, 2.05) is 25.1 Å². The van der Waals surface area contributed by atoms with E-state index in [-0.39, 0.29) is 0 Å². The Bertz CT molecular complexity index is 572. The van der Waals surface area contributed by atoms with Crippen LogP contribution in [0.5, 0.6) is 0 Å². The van der Waals surface area contributed by atoms with Crippen LogP contribution in [0.2, 0.25) is 0 Å². The zero-order valence-electron chi connectivity index (χ0n) is 9.68. The van der Waals surface area contributed by atoms with E-state index in [0.717, 1.165) is 21.3 Å². The Morgan fingerprint density at radius 1 is 1.47 bits per heavy atom. The van der Waals surface area contributed by atoms with Gasteiger partial charge in [-0.3, -0.25) is 4.99 Å². The molecule has 1 heterocycles. The maximum absolute atomic E-state index is 6.03. The quantitative estimate of drug-likeness (QED) is 0.865. The van der Waals surface area contributed by atoms with Crippen LogP contribution in [0.4, 0.5) is 5.82 Å². The van der Waals surface area contributed by atoms with Gasteiger partial charge in [0.1, 0.15) is 5.82 Å². The van der Waals surface area contributed by atoms with Gasteiger partial charge in [-0.15, -0.1) is 0 Å². The molecule has 0 saturated carbocycles. The Hall–Kier alpha value is -1.62. The minimum absolute atomic E-state index is 0.594. The van der Waals surface area contributed by atoms with Crippen molar-refractivity contribution in [2.75, 3.05) is 12.8 Å². The van der Waals surface area contributed by atoms with E-state index < -0.39 is 0 Å². The standard InChI is InChI=1S/C12H13BrN4/c1-8-3-4-10(13)5-11(8)17-12(14)9(6-15-2)7-16-17/h3-7H,14H2,1-2H3. The summed E-state index contributed by atoms with van der Waals surface area (Å²) in [6, 6.07) is 6.01. The number of nitrogens with zero attached hydrogens (tertiary/aromatic N) is 3. The van der Waals surface area contributed by atoms with Gasteiger partial charge in [-0.05, 0) is 24.6 Å². The van der Waals surface area contributed by atoms with Crippen molar-refractivity contribution >= 4 is 28.0 Å². The summed E-state index contributed by atoms with van der Waals surface area (Å²) in [7, 11) is 1.71. The van der Waals surface area contributed by atoms with Gasteiger partial charge in [0.2, 0.25) is 0 Å². The molecule has 2 N–H and O–H groups in total. The lowest BCUT2D eigenvalue weighted by atomic mass is 10.2. The Labute approximate surface area is 108 Å². The molecule has 0 saturated heterocycles. The zero-order valence-corrected chi connectivity index (χ0v) is 11.3. The molecule has 0 aliphatic rings. The number of hydrogen-bond acceptors (Lipinski definition) is 3. The number of hydrogen-bond donors (Lipinski definition) is 1. The SMILES string of the molecule is CN=Cc1cnn(-c2cc(Br)ccc2C)c1N. The van der Waals surface area contributed by atoms with Crippen LogP contribution in [0.25, 0.3) is 5.69 Å². The Morgan fingerprint density at radius 3 is 2.94 bits per heavy atom. The molecule has 0 fully saturated rings. The predicted octanol–water partition coefficient (Wildman–Crippen LogP) is 2.57. The van der Waals surface area contributed by atoms with Crippen LogP contribution in [0.3, 0.4) is 0 Å². The van der Waals surface area contributed by atoms with E-state index in [2.05, 4.69) is 26.0 Å². The number of anilines is 1. The molecule has 1 aromatic carbocycles. The van der Waals surface area contributed by atoms with Crippen LogP contribution in [0.15, 0.2) is 33.9 Å². The highest BCUT2D eigenvalue weighted by Crippen LogP contribution is 2.22. The molecular weight excluding hydrogens is 280 g/mol. The summed E-state index contributed by atoms with van der Waals surface area (Å²) in [6.07, 6.45) is 3.41. The lowest BCUT2D eigenvalue weighted by Crippen LogP contribution is -2.04. The highest BCUT2D eigenvalue weighted by molar-refractivity contribution is 9.10. The number of aliphatic imine (C=N–C) groups is 1. The van der Waals surface area contributed by atoms with Crippen LogP contribution < -0.4 is 5.73 Å². The van der Waals surface area contributed by atoms with E-state index in [1.165, 1.54) is 0 Å². The molecule has 1 aromatic heterocycles. The molecule has 0 radical (unpaired) electrons. The Balaban J connectivity index is 2.57. The van der Waals surface area contributed by atoms with Crippen molar-refractivity contribution in [3.63, 3.8) is 0 Å². The van der Waals surface area contributed by atoms with Crippen LogP contribution >= 0.6 is 15.9 Å². The van der Waals surface area contributed by atoms with Crippen LogP contribution in [0, 0.1) is 6.92 Å². The third kappa shape index (κ3) is 2.24. The molecule has 2 aromatic rings. The topological polar surface area (TPSA) is 56.2 Å². The van der Waals surface area contributed by atoms with Gasteiger partial charge in [-0.2, -0.15) is 5.10 Å². The van der Waals surface area contributed by atoms with E-state index in [1.54, 1.807) is 24.1 Å². The number of aromatic nitrogens is 2. The van der Waals surface area contributed by atoms with Crippen molar-refractivity contribution in [2.24, 2.45) is 4.99 Å². The number of nitrogens with two attached hydrogens (primary N) is 1. The van der Waals surface area contributed by atoms with Crippen molar-refractivity contribution in [1.82, 2.24) is 9.78 Å². The fourth-order valence-electron chi connectivity index (χ4n) is 1.61. The number of aryl methyl sites for hydroxylation is 1. The van der Waals surface area contributed by atoms with Crippen molar-refractivity contribution in [3.05, 3.63) is 40.0 Å². The molecule has 0 spiro atoms. The lowest BCUT2D eigenvalue weighted by molar-refractivity contribution is 0.882.